The van der Waals surface area contributed by atoms with Crippen LogP contribution in [0.15, 0.2) is 51.8 Å². The number of benzene rings is 2. The van der Waals surface area contributed by atoms with Gasteiger partial charge in [0.05, 0.1) is 5.69 Å². The molecule has 0 aromatic heterocycles. The SMILES string of the molecule is C[C@@H](NS(=O)(=O)c1ccc(F)cc1N)c1ccc(Br)cc1. The summed E-state index contributed by atoms with van der Waals surface area (Å²) in [5.41, 5.74) is 6.26. The minimum atomic E-state index is -3.82. The summed E-state index contributed by atoms with van der Waals surface area (Å²) in [7, 11) is -3.82. The lowest BCUT2D eigenvalue weighted by Crippen LogP contribution is -2.27. The van der Waals surface area contributed by atoms with Crippen molar-refractivity contribution in [3.63, 3.8) is 0 Å². The maximum absolute atomic E-state index is 13.0. The molecule has 2 aromatic rings. The second-order valence-electron chi connectivity index (χ2n) is 4.58. The Morgan fingerprint density at radius 1 is 1.19 bits per heavy atom. The summed E-state index contributed by atoms with van der Waals surface area (Å²) in [4.78, 5) is -0.132. The van der Waals surface area contributed by atoms with Crippen LogP contribution in [0.5, 0.6) is 0 Å². The number of nitrogens with one attached hydrogen (secondary N) is 1. The van der Waals surface area contributed by atoms with Crippen LogP contribution in [0.2, 0.25) is 0 Å². The average molecular weight is 373 g/mol. The largest absolute Gasteiger partial charge is 0.398 e. The Bertz CT molecular complexity index is 748. The molecule has 0 saturated carbocycles. The van der Waals surface area contributed by atoms with E-state index in [0.717, 1.165) is 28.2 Å². The predicted molar refractivity (Wildman–Crippen MR) is 83.7 cm³/mol. The number of rotatable bonds is 4. The van der Waals surface area contributed by atoms with Crippen LogP contribution in [0.1, 0.15) is 18.5 Å². The number of sulfonamides is 1. The summed E-state index contributed by atoms with van der Waals surface area (Å²) in [6, 6.07) is 10.0. The van der Waals surface area contributed by atoms with Crippen molar-refractivity contribution in [2.45, 2.75) is 17.9 Å². The highest BCUT2D eigenvalue weighted by molar-refractivity contribution is 9.10. The topological polar surface area (TPSA) is 72.2 Å². The van der Waals surface area contributed by atoms with Crippen molar-refractivity contribution in [1.29, 1.82) is 0 Å². The van der Waals surface area contributed by atoms with Crippen LogP contribution in [-0.2, 0) is 10.0 Å². The summed E-state index contributed by atoms with van der Waals surface area (Å²) in [5, 5.41) is 0. The van der Waals surface area contributed by atoms with E-state index in [1.54, 1.807) is 6.92 Å². The molecule has 112 valence electrons. The zero-order chi connectivity index (χ0) is 15.6. The number of nitrogens with two attached hydrogens (primary N) is 1. The van der Waals surface area contributed by atoms with Gasteiger partial charge in [-0.05, 0) is 42.8 Å². The van der Waals surface area contributed by atoms with Gasteiger partial charge >= 0.3 is 0 Å². The molecule has 0 fully saturated rings. The smallest absolute Gasteiger partial charge is 0.243 e. The molecule has 2 aromatic carbocycles. The van der Waals surface area contributed by atoms with E-state index in [4.69, 9.17) is 5.73 Å². The molecule has 1 atom stereocenters. The van der Waals surface area contributed by atoms with Crippen LogP contribution in [0, 0.1) is 5.82 Å². The molecule has 0 aliphatic heterocycles. The molecule has 0 radical (unpaired) electrons. The Labute approximate surface area is 131 Å². The van der Waals surface area contributed by atoms with E-state index in [1.807, 2.05) is 24.3 Å². The van der Waals surface area contributed by atoms with Crippen molar-refractivity contribution in [1.82, 2.24) is 4.72 Å². The van der Waals surface area contributed by atoms with Crippen LogP contribution >= 0.6 is 15.9 Å². The second kappa shape index (κ2) is 6.13. The molecule has 4 nitrogen and oxygen atoms in total. The monoisotopic (exact) mass is 372 g/mol. The molecular weight excluding hydrogens is 359 g/mol. The standard InChI is InChI=1S/C14H14BrFN2O2S/c1-9(10-2-4-11(15)5-3-10)18-21(19,20)14-7-6-12(16)8-13(14)17/h2-9,18H,17H2,1H3/t9-/m1/s1. The predicted octanol–water partition coefficient (Wildman–Crippen LogP) is 3.21. The average Bonchev–Trinajstić information content (AvgIpc) is 2.38. The maximum Gasteiger partial charge on any atom is 0.243 e. The molecule has 3 N–H and O–H groups in total. The molecular formula is C14H14BrFN2O2S. The number of anilines is 1. The molecule has 0 spiro atoms. The molecule has 0 amide bonds. The number of hydrogen-bond acceptors (Lipinski definition) is 3. The first-order chi connectivity index (χ1) is 9.79. The van der Waals surface area contributed by atoms with Gasteiger partial charge in [0.25, 0.3) is 0 Å². The van der Waals surface area contributed by atoms with E-state index in [1.165, 1.54) is 0 Å². The molecule has 0 aliphatic carbocycles. The van der Waals surface area contributed by atoms with Gasteiger partial charge in [0.1, 0.15) is 10.7 Å². The minimum absolute atomic E-state index is 0.120. The quantitative estimate of drug-likeness (QED) is 0.809. The first-order valence-electron chi connectivity index (χ1n) is 6.12. The van der Waals surface area contributed by atoms with Crippen molar-refractivity contribution >= 4 is 31.6 Å². The van der Waals surface area contributed by atoms with E-state index < -0.39 is 21.9 Å². The fourth-order valence-corrected chi connectivity index (χ4v) is 3.49. The first kappa shape index (κ1) is 15.9. The Kier molecular flexibility index (Phi) is 4.65. The fraction of sp³-hybridized carbons (Fsp3) is 0.143. The lowest BCUT2D eigenvalue weighted by molar-refractivity contribution is 0.567. The zero-order valence-corrected chi connectivity index (χ0v) is 13.6. The van der Waals surface area contributed by atoms with Gasteiger partial charge in [-0.2, -0.15) is 0 Å². The van der Waals surface area contributed by atoms with Crippen LogP contribution in [0.4, 0.5) is 10.1 Å². The van der Waals surface area contributed by atoms with Gasteiger partial charge in [-0.3, -0.25) is 0 Å². The lowest BCUT2D eigenvalue weighted by Gasteiger charge is -2.15. The van der Waals surface area contributed by atoms with Crippen molar-refractivity contribution in [3.05, 3.63) is 58.3 Å². The van der Waals surface area contributed by atoms with E-state index in [-0.39, 0.29) is 10.6 Å². The van der Waals surface area contributed by atoms with Gasteiger partial charge in [0.15, 0.2) is 0 Å². The Morgan fingerprint density at radius 3 is 2.38 bits per heavy atom. The van der Waals surface area contributed by atoms with Gasteiger partial charge < -0.3 is 5.73 Å². The zero-order valence-electron chi connectivity index (χ0n) is 11.2. The van der Waals surface area contributed by atoms with Crippen molar-refractivity contribution in [2.24, 2.45) is 0 Å². The van der Waals surface area contributed by atoms with Crippen LogP contribution in [-0.4, -0.2) is 8.42 Å². The van der Waals surface area contributed by atoms with Crippen molar-refractivity contribution in [3.8, 4) is 0 Å². The van der Waals surface area contributed by atoms with Gasteiger partial charge in [0.2, 0.25) is 10.0 Å². The third-order valence-electron chi connectivity index (χ3n) is 2.96. The van der Waals surface area contributed by atoms with Gasteiger partial charge in [-0.1, -0.05) is 28.1 Å². The maximum atomic E-state index is 13.0. The molecule has 2 rings (SSSR count). The molecule has 0 heterocycles. The van der Waals surface area contributed by atoms with E-state index >= 15 is 0 Å². The lowest BCUT2D eigenvalue weighted by atomic mass is 10.1. The highest BCUT2D eigenvalue weighted by Crippen LogP contribution is 2.23. The number of halogens is 2. The Hall–Kier alpha value is -1.44. The Balaban J connectivity index is 2.26. The summed E-state index contributed by atoms with van der Waals surface area (Å²) in [5.74, 6) is -0.576. The van der Waals surface area contributed by atoms with Crippen LogP contribution in [0.25, 0.3) is 0 Å². The third kappa shape index (κ3) is 3.81. The van der Waals surface area contributed by atoms with E-state index in [2.05, 4.69) is 20.7 Å². The minimum Gasteiger partial charge on any atom is -0.398 e. The van der Waals surface area contributed by atoms with Crippen molar-refractivity contribution in [2.75, 3.05) is 5.73 Å². The summed E-state index contributed by atoms with van der Waals surface area (Å²) in [6.07, 6.45) is 0. The van der Waals surface area contributed by atoms with Crippen molar-refractivity contribution < 1.29 is 12.8 Å². The highest BCUT2D eigenvalue weighted by atomic mass is 79.9. The second-order valence-corrected chi connectivity index (χ2v) is 7.17. The highest BCUT2D eigenvalue weighted by Gasteiger charge is 2.21. The van der Waals surface area contributed by atoms with E-state index in [0.29, 0.717) is 0 Å². The Morgan fingerprint density at radius 2 is 1.81 bits per heavy atom. The summed E-state index contributed by atoms with van der Waals surface area (Å²) < 4.78 is 41.0. The molecule has 0 saturated heterocycles. The number of hydrogen-bond donors (Lipinski definition) is 2. The van der Waals surface area contributed by atoms with Gasteiger partial charge in [0, 0.05) is 10.5 Å². The first-order valence-corrected chi connectivity index (χ1v) is 8.40. The molecule has 21 heavy (non-hydrogen) atoms. The molecule has 0 aliphatic rings. The fourth-order valence-electron chi connectivity index (χ4n) is 1.88. The number of nitrogen functional groups attached to an aromatic ring is 1. The molecule has 0 bridgehead atoms. The summed E-state index contributed by atoms with van der Waals surface area (Å²) in [6.45, 7) is 1.72. The van der Waals surface area contributed by atoms with Crippen LogP contribution in [0.3, 0.4) is 0 Å². The third-order valence-corrected chi connectivity index (χ3v) is 5.11. The van der Waals surface area contributed by atoms with Gasteiger partial charge in [-0.15, -0.1) is 0 Å². The normalized spacial score (nSPS) is 13.1. The van der Waals surface area contributed by atoms with Gasteiger partial charge in [-0.25, -0.2) is 17.5 Å². The van der Waals surface area contributed by atoms with Crippen LogP contribution < -0.4 is 10.5 Å². The van der Waals surface area contributed by atoms with E-state index in [9.17, 15) is 12.8 Å². The molecule has 0 unspecified atom stereocenters. The molecule has 7 heteroatoms. The summed E-state index contributed by atoms with van der Waals surface area (Å²) >= 11 is 3.32.